The van der Waals surface area contributed by atoms with E-state index in [9.17, 15) is 0 Å². The summed E-state index contributed by atoms with van der Waals surface area (Å²) in [6.07, 6.45) is 2.76. The average molecular weight is 324 g/mol. The van der Waals surface area contributed by atoms with Gasteiger partial charge in [-0.25, -0.2) is 0 Å². The van der Waals surface area contributed by atoms with Gasteiger partial charge in [0.1, 0.15) is 0 Å². The summed E-state index contributed by atoms with van der Waals surface area (Å²) in [7, 11) is -0.372. The molecule has 4 rings (SSSR count). The summed E-state index contributed by atoms with van der Waals surface area (Å²) in [6, 6.07) is 20.7. The van der Waals surface area contributed by atoms with Crippen LogP contribution in [-0.2, 0) is 0 Å². The number of benzene rings is 2. The van der Waals surface area contributed by atoms with E-state index in [4.69, 9.17) is 0 Å². The van der Waals surface area contributed by atoms with Gasteiger partial charge in [-0.2, -0.15) is 0 Å². The van der Waals surface area contributed by atoms with Crippen molar-refractivity contribution in [2.45, 2.75) is 25.8 Å². The Labute approximate surface area is 140 Å². The molecule has 0 amide bonds. The minimum absolute atomic E-state index is 0.372. The molecule has 2 aliphatic heterocycles. The van der Waals surface area contributed by atoms with Crippen molar-refractivity contribution >= 4 is 18.7 Å². The maximum atomic E-state index is 2.76. The standard InChI is InChI=1S/C20H25N2P/c1-17-19-11-5-6-12-20(19)23(18-9-3-2-4-10-18)22(17)16-15-21-13-7-8-14-21/h2-6,9-12,17H,7-8,13-16H2,1H3/t17-,23-/m1/s1. The molecule has 2 aliphatic rings. The number of nitrogens with zero attached hydrogens (tertiary/aromatic N) is 2. The fraction of sp³-hybridized carbons (Fsp3) is 0.400. The Bertz CT molecular complexity index is 652. The van der Waals surface area contributed by atoms with Crippen molar-refractivity contribution in [3.63, 3.8) is 0 Å². The van der Waals surface area contributed by atoms with Gasteiger partial charge >= 0.3 is 0 Å². The topological polar surface area (TPSA) is 6.48 Å². The Morgan fingerprint density at radius 3 is 2.39 bits per heavy atom. The smallest absolute Gasteiger partial charge is 0.0369 e. The van der Waals surface area contributed by atoms with Crippen molar-refractivity contribution in [1.29, 1.82) is 0 Å². The van der Waals surface area contributed by atoms with Gasteiger partial charge in [-0.05, 0) is 49.0 Å². The first-order valence-corrected chi connectivity index (χ1v) is 10.1. The minimum Gasteiger partial charge on any atom is -0.302 e. The molecule has 2 aromatic carbocycles. The van der Waals surface area contributed by atoms with Crippen LogP contribution in [0.25, 0.3) is 0 Å². The van der Waals surface area contributed by atoms with Crippen molar-refractivity contribution in [2.75, 3.05) is 26.2 Å². The van der Waals surface area contributed by atoms with E-state index in [1.807, 2.05) is 0 Å². The molecule has 120 valence electrons. The van der Waals surface area contributed by atoms with Crippen LogP contribution in [0.15, 0.2) is 54.6 Å². The van der Waals surface area contributed by atoms with Crippen molar-refractivity contribution in [2.24, 2.45) is 0 Å². The fourth-order valence-electron chi connectivity index (χ4n) is 3.91. The molecule has 2 heterocycles. The summed E-state index contributed by atoms with van der Waals surface area (Å²) in [5, 5.41) is 3.04. The zero-order chi connectivity index (χ0) is 15.6. The summed E-state index contributed by atoms with van der Waals surface area (Å²) in [5.74, 6) is 0. The van der Waals surface area contributed by atoms with Gasteiger partial charge in [-0.15, -0.1) is 0 Å². The molecule has 2 aromatic rings. The summed E-state index contributed by atoms with van der Waals surface area (Å²) in [4.78, 5) is 2.63. The van der Waals surface area contributed by atoms with Crippen LogP contribution >= 0.6 is 8.07 Å². The Hall–Kier alpha value is -1.21. The third kappa shape index (κ3) is 2.96. The Morgan fingerprint density at radius 2 is 1.61 bits per heavy atom. The van der Waals surface area contributed by atoms with Crippen molar-refractivity contribution < 1.29 is 0 Å². The summed E-state index contributed by atoms with van der Waals surface area (Å²) in [6.45, 7) is 7.35. The van der Waals surface area contributed by atoms with Gasteiger partial charge in [-0.1, -0.05) is 54.6 Å². The van der Waals surface area contributed by atoms with Crippen molar-refractivity contribution in [1.82, 2.24) is 9.57 Å². The number of rotatable bonds is 4. The van der Waals surface area contributed by atoms with Gasteiger partial charge in [0, 0.05) is 27.2 Å². The predicted octanol–water partition coefficient (Wildman–Crippen LogP) is 3.51. The third-order valence-electron chi connectivity index (χ3n) is 5.16. The quantitative estimate of drug-likeness (QED) is 0.794. The van der Waals surface area contributed by atoms with Gasteiger partial charge in [-0.3, -0.25) is 4.67 Å². The Morgan fingerprint density at radius 1 is 0.913 bits per heavy atom. The maximum Gasteiger partial charge on any atom is 0.0369 e. The summed E-state index contributed by atoms with van der Waals surface area (Å²) in [5.41, 5.74) is 1.53. The molecule has 0 spiro atoms. The summed E-state index contributed by atoms with van der Waals surface area (Å²) >= 11 is 0. The molecule has 0 radical (unpaired) electrons. The first kappa shape index (κ1) is 15.3. The largest absolute Gasteiger partial charge is 0.302 e. The van der Waals surface area contributed by atoms with E-state index in [2.05, 4.69) is 71.1 Å². The van der Waals surface area contributed by atoms with E-state index in [0.717, 1.165) is 0 Å². The molecule has 2 nitrogen and oxygen atoms in total. The van der Waals surface area contributed by atoms with Gasteiger partial charge in [0.25, 0.3) is 0 Å². The number of fused-ring (bicyclic) bond motifs is 1. The van der Waals surface area contributed by atoms with E-state index in [1.165, 1.54) is 49.9 Å². The third-order valence-corrected chi connectivity index (χ3v) is 7.87. The molecular weight excluding hydrogens is 299 g/mol. The average Bonchev–Trinajstić information content (AvgIpc) is 3.21. The second-order valence-corrected chi connectivity index (χ2v) is 8.73. The van der Waals surface area contributed by atoms with E-state index in [-0.39, 0.29) is 8.07 Å². The molecule has 0 aromatic heterocycles. The second kappa shape index (κ2) is 6.73. The molecule has 23 heavy (non-hydrogen) atoms. The summed E-state index contributed by atoms with van der Waals surface area (Å²) < 4.78 is 2.76. The lowest BCUT2D eigenvalue weighted by molar-refractivity contribution is 0.282. The van der Waals surface area contributed by atoms with E-state index in [1.54, 1.807) is 5.30 Å². The molecule has 2 atom stereocenters. The monoisotopic (exact) mass is 324 g/mol. The molecule has 0 unspecified atom stereocenters. The highest BCUT2D eigenvalue weighted by Gasteiger charge is 2.36. The van der Waals surface area contributed by atoms with Crippen LogP contribution in [0.3, 0.4) is 0 Å². The van der Waals surface area contributed by atoms with Crippen LogP contribution < -0.4 is 10.6 Å². The van der Waals surface area contributed by atoms with Crippen LogP contribution in [0.1, 0.15) is 31.4 Å². The molecule has 1 saturated heterocycles. The molecule has 1 fully saturated rings. The highest BCUT2D eigenvalue weighted by molar-refractivity contribution is 7.71. The molecule has 0 N–H and O–H groups in total. The lowest BCUT2D eigenvalue weighted by Gasteiger charge is -2.30. The zero-order valence-corrected chi connectivity index (χ0v) is 14.8. The van der Waals surface area contributed by atoms with Gasteiger partial charge in [0.2, 0.25) is 0 Å². The van der Waals surface area contributed by atoms with Crippen molar-refractivity contribution in [3.05, 3.63) is 60.2 Å². The van der Waals surface area contributed by atoms with E-state index < -0.39 is 0 Å². The second-order valence-electron chi connectivity index (χ2n) is 6.59. The molecule has 0 bridgehead atoms. The van der Waals surface area contributed by atoms with Crippen LogP contribution in [-0.4, -0.2) is 35.7 Å². The molecule has 0 aliphatic carbocycles. The van der Waals surface area contributed by atoms with E-state index >= 15 is 0 Å². The highest BCUT2D eigenvalue weighted by atomic mass is 31.1. The molecule has 3 heteroatoms. The number of hydrogen-bond donors (Lipinski definition) is 0. The zero-order valence-electron chi connectivity index (χ0n) is 13.9. The van der Waals surface area contributed by atoms with Gasteiger partial charge < -0.3 is 4.90 Å². The highest BCUT2D eigenvalue weighted by Crippen LogP contribution is 2.51. The van der Waals surface area contributed by atoms with Crippen LogP contribution in [0.4, 0.5) is 0 Å². The van der Waals surface area contributed by atoms with Crippen LogP contribution in [0.2, 0.25) is 0 Å². The first-order chi connectivity index (χ1) is 11.3. The number of likely N-dealkylation sites (tertiary alicyclic amines) is 1. The Kier molecular flexibility index (Phi) is 4.48. The first-order valence-electron chi connectivity index (χ1n) is 8.77. The van der Waals surface area contributed by atoms with Crippen molar-refractivity contribution in [3.8, 4) is 0 Å². The Balaban J connectivity index is 1.63. The molecular formula is C20H25N2P. The molecule has 0 saturated carbocycles. The van der Waals surface area contributed by atoms with E-state index in [0.29, 0.717) is 6.04 Å². The number of hydrogen-bond acceptors (Lipinski definition) is 2. The lowest BCUT2D eigenvalue weighted by atomic mass is 10.1. The normalized spacial score (nSPS) is 24.9. The van der Waals surface area contributed by atoms with Crippen LogP contribution in [0.5, 0.6) is 0 Å². The van der Waals surface area contributed by atoms with Crippen LogP contribution in [0, 0.1) is 0 Å². The lowest BCUT2D eigenvalue weighted by Crippen LogP contribution is -2.32. The predicted molar refractivity (Wildman–Crippen MR) is 99.9 cm³/mol. The maximum absolute atomic E-state index is 2.76. The fourth-order valence-corrected chi connectivity index (χ4v) is 6.71. The SMILES string of the molecule is C[C@@H]1c2ccccc2[P@@](c2ccccc2)N1CCN1CCCC1. The van der Waals surface area contributed by atoms with Gasteiger partial charge in [0.15, 0.2) is 0 Å². The van der Waals surface area contributed by atoms with Gasteiger partial charge in [0.05, 0.1) is 0 Å². The minimum atomic E-state index is -0.372.